The van der Waals surface area contributed by atoms with Crippen molar-refractivity contribution >= 4 is 0 Å². The quantitative estimate of drug-likeness (QED) is 0.878. The third-order valence-electron chi connectivity index (χ3n) is 4.99. The van der Waals surface area contributed by atoms with Gasteiger partial charge in [0.1, 0.15) is 0 Å². The number of piperazine rings is 1. The summed E-state index contributed by atoms with van der Waals surface area (Å²) >= 11 is 0. The van der Waals surface area contributed by atoms with Crippen molar-refractivity contribution in [3.63, 3.8) is 0 Å². The Morgan fingerprint density at radius 1 is 1.04 bits per heavy atom. The Balaban J connectivity index is 1.62. The van der Waals surface area contributed by atoms with Gasteiger partial charge in [-0.25, -0.2) is 0 Å². The summed E-state index contributed by atoms with van der Waals surface area (Å²) < 4.78 is 0. The van der Waals surface area contributed by atoms with E-state index in [9.17, 15) is 5.11 Å². The minimum atomic E-state index is 0.242. The number of aliphatic hydroxyl groups excluding tert-OH is 1. The molecule has 1 aliphatic heterocycles. The first-order valence-electron chi connectivity index (χ1n) is 9.19. The van der Waals surface area contributed by atoms with Crippen molar-refractivity contribution in [2.45, 2.75) is 39.4 Å². The molecule has 134 valence electrons. The van der Waals surface area contributed by atoms with Gasteiger partial charge in [-0.1, -0.05) is 35.9 Å². The maximum absolute atomic E-state index is 9.49. The Bertz CT molecular complexity index is 671. The van der Waals surface area contributed by atoms with E-state index in [1.807, 2.05) is 13.0 Å². The van der Waals surface area contributed by atoms with E-state index in [1.165, 1.54) is 11.1 Å². The SMILES string of the molecule is Cc1ccc(CN2CCN(Cc3cccc(C)n3)C[C@H]2CCO)cc1. The number of hydrogen-bond acceptors (Lipinski definition) is 4. The highest BCUT2D eigenvalue weighted by Crippen LogP contribution is 2.18. The van der Waals surface area contributed by atoms with Gasteiger partial charge >= 0.3 is 0 Å². The Morgan fingerprint density at radius 3 is 2.56 bits per heavy atom. The second-order valence-electron chi connectivity index (χ2n) is 7.13. The molecule has 1 saturated heterocycles. The lowest BCUT2D eigenvalue weighted by Gasteiger charge is -2.41. The molecule has 4 nitrogen and oxygen atoms in total. The normalized spacial score (nSPS) is 19.2. The van der Waals surface area contributed by atoms with Crippen molar-refractivity contribution in [1.82, 2.24) is 14.8 Å². The summed E-state index contributed by atoms with van der Waals surface area (Å²) in [6.45, 7) is 9.32. The van der Waals surface area contributed by atoms with Crippen LogP contribution in [0.1, 0.15) is 28.9 Å². The molecule has 0 unspecified atom stereocenters. The zero-order valence-corrected chi connectivity index (χ0v) is 15.4. The van der Waals surface area contributed by atoms with Gasteiger partial charge < -0.3 is 5.11 Å². The first kappa shape index (κ1) is 18.1. The fourth-order valence-corrected chi connectivity index (χ4v) is 3.58. The maximum Gasteiger partial charge on any atom is 0.0547 e. The molecule has 1 atom stereocenters. The number of aliphatic hydroxyl groups is 1. The molecule has 0 amide bonds. The zero-order valence-electron chi connectivity index (χ0n) is 15.4. The molecule has 0 bridgehead atoms. The molecule has 1 N–H and O–H groups in total. The van der Waals surface area contributed by atoms with Gasteiger partial charge in [-0.15, -0.1) is 0 Å². The predicted octanol–water partition coefficient (Wildman–Crippen LogP) is 2.77. The number of nitrogens with zero attached hydrogens (tertiary/aromatic N) is 3. The highest BCUT2D eigenvalue weighted by molar-refractivity contribution is 5.21. The molecule has 1 aromatic carbocycles. The minimum Gasteiger partial charge on any atom is -0.396 e. The molecule has 3 rings (SSSR count). The van der Waals surface area contributed by atoms with Crippen molar-refractivity contribution in [3.05, 3.63) is 65.0 Å². The number of hydrogen-bond donors (Lipinski definition) is 1. The fraction of sp³-hybridized carbons (Fsp3) is 0.476. The van der Waals surface area contributed by atoms with Crippen LogP contribution in [-0.2, 0) is 13.1 Å². The van der Waals surface area contributed by atoms with Crippen molar-refractivity contribution in [2.75, 3.05) is 26.2 Å². The molecule has 1 aliphatic rings. The lowest BCUT2D eigenvalue weighted by molar-refractivity contribution is 0.0494. The van der Waals surface area contributed by atoms with E-state index in [4.69, 9.17) is 0 Å². The molecule has 25 heavy (non-hydrogen) atoms. The molecule has 1 aromatic heterocycles. The minimum absolute atomic E-state index is 0.242. The van der Waals surface area contributed by atoms with Crippen molar-refractivity contribution in [1.29, 1.82) is 0 Å². The third kappa shape index (κ3) is 5.11. The largest absolute Gasteiger partial charge is 0.396 e. The van der Waals surface area contributed by atoms with E-state index in [2.05, 4.69) is 58.1 Å². The molecule has 1 fully saturated rings. The van der Waals surface area contributed by atoms with Gasteiger partial charge in [-0.3, -0.25) is 14.8 Å². The number of rotatable bonds is 6. The van der Waals surface area contributed by atoms with Crippen LogP contribution in [0.2, 0.25) is 0 Å². The fourth-order valence-electron chi connectivity index (χ4n) is 3.58. The summed E-state index contributed by atoms with van der Waals surface area (Å²) in [5.74, 6) is 0. The summed E-state index contributed by atoms with van der Waals surface area (Å²) in [4.78, 5) is 9.61. The van der Waals surface area contributed by atoms with E-state index >= 15 is 0 Å². The van der Waals surface area contributed by atoms with Gasteiger partial charge in [0.2, 0.25) is 0 Å². The molecular weight excluding hydrogens is 310 g/mol. The van der Waals surface area contributed by atoms with Gasteiger partial charge in [0.05, 0.1) is 5.69 Å². The second kappa shape index (κ2) is 8.56. The zero-order chi connectivity index (χ0) is 17.6. The van der Waals surface area contributed by atoms with E-state index < -0.39 is 0 Å². The average Bonchev–Trinajstić information content (AvgIpc) is 2.59. The molecule has 4 heteroatoms. The van der Waals surface area contributed by atoms with Crippen LogP contribution in [0.25, 0.3) is 0 Å². The number of aromatic nitrogens is 1. The van der Waals surface area contributed by atoms with E-state index in [-0.39, 0.29) is 6.61 Å². The standard InChI is InChI=1S/C21H29N3O/c1-17-6-8-19(9-7-17)14-24-12-11-23(16-21(24)10-13-25)15-20-5-3-4-18(2)22-20/h3-9,21,25H,10-16H2,1-2H3/t21-/m1/s1. The van der Waals surface area contributed by atoms with Gasteiger partial charge in [0.25, 0.3) is 0 Å². The van der Waals surface area contributed by atoms with Crippen LogP contribution in [0.3, 0.4) is 0 Å². The van der Waals surface area contributed by atoms with Gasteiger partial charge in [-0.2, -0.15) is 0 Å². The highest BCUT2D eigenvalue weighted by Gasteiger charge is 2.26. The Kier molecular flexibility index (Phi) is 6.19. The van der Waals surface area contributed by atoms with Gasteiger partial charge in [-0.05, 0) is 38.0 Å². The van der Waals surface area contributed by atoms with E-state index in [1.54, 1.807) is 0 Å². The maximum atomic E-state index is 9.49. The van der Waals surface area contributed by atoms with Crippen molar-refractivity contribution < 1.29 is 5.11 Å². The smallest absolute Gasteiger partial charge is 0.0547 e. The van der Waals surface area contributed by atoms with Gasteiger partial charge in [0.15, 0.2) is 0 Å². The lowest BCUT2D eigenvalue weighted by atomic mass is 10.1. The molecule has 2 aromatic rings. The van der Waals surface area contributed by atoms with E-state index in [0.717, 1.165) is 50.5 Å². The van der Waals surface area contributed by atoms with Crippen LogP contribution in [0.15, 0.2) is 42.5 Å². The van der Waals surface area contributed by atoms with Crippen LogP contribution >= 0.6 is 0 Å². The second-order valence-corrected chi connectivity index (χ2v) is 7.13. The summed E-state index contributed by atoms with van der Waals surface area (Å²) in [7, 11) is 0. The van der Waals surface area contributed by atoms with Crippen molar-refractivity contribution in [2.24, 2.45) is 0 Å². The molecule has 0 spiro atoms. The van der Waals surface area contributed by atoms with Gasteiger partial charge in [0, 0.05) is 51.1 Å². The highest BCUT2D eigenvalue weighted by atomic mass is 16.3. The van der Waals surface area contributed by atoms with Crippen LogP contribution in [0.5, 0.6) is 0 Å². The summed E-state index contributed by atoms with van der Waals surface area (Å²) in [5, 5.41) is 9.49. The van der Waals surface area contributed by atoms with Crippen LogP contribution in [0, 0.1) is 13.8 Å². The molecular formula is C21H29N3O. The molecule has 0 radical (unpaired) electrons. The molecule has 2 heterocycles. The Hall–Kier alpha value is -1.75. The monoisotopic (exact) mass is 339 g/mol. The summed E-state index contributed by atoms with van der Waals surface area (Å²) in [6.07, 6.45) is 0.823. The van der Waals surface area contributed by atoms with Crippen molar-refractivity contribution in [3.8, 4) is 0 Å². The first-order chi connectivity index (χ1) is 12.1. The first-order valence-corrected chi connectivity index (χ1v) is 9.19. The Labute approximate surface area is 151 Å². The number of aryl methyl sites for hydroxylation is 2. The average molecular weight is 339 g/mol. The molecule has 0 aliphatic carbocycles. The molecule has 0 saturated carbocycles. The predicted molar refractivity (Wildman–Crippen MR) is 101 cm³/mol. The van der Waals surface area contributed by atoms with E-state index in [0.29, 0.717) is 6.04 Å². The summed E-state index contributed by atoms with van der Waals surface area (Å²) in [5.41, 5.74) is 4.85. The van der Waals surface area contributed by atoms with Crippen LogP contribution in [-0.4, -0.2) is 52.2 Å². The Morgan fingerprint density at radius 2 is 1.84 bits per heavy atom. The topological polar surface area (TPSA) is 39.6 Å². The lowest BCUT2D eigenvalue weighted by Crippen LogP contribution is -2.52. The summed E-state index contributed by atoms with van der Waals surface area (Å²) in [6, 6.07) is 15.4. The van der Waals surface area contributed by atoms with Crippen LogP contribution in [0.4, 0.5) is 0 Å². The number of pyridine rings is 1. The third-order valence-corrected chi connectivity index (χ3v) is 4.99. The number of benzene rings is 1. The van der Waals surface area contributed by atoms with Crippen LogP contribution < -0.4 is 0 Å².